The van der Waals surface area contributed by atoms with E-state index in [2.05, 4.69) is 148 Å². The van der Waals surface area contributed by atoms with Crippen molar-refractivity contribution < 1.29 is 26.0 Å². The summed E-state index contributed by atoms with van der Waals surface area (Å²) in [5.74, 6) is 1.30. The van der Waals surface area contributed by atoms with Gasteiger partial charge in [-0.15, -0.1) is 27.6 Å². The maximum atomic E-state index is 4.93. The van der Waals surface area contributed by atoms with Crippen LogP contribution in [0.15, 0.2) is 121 Å². The van der Waals surface area contributed by atoms with Crippen LogP contribution in [0.2, 0.25) is 0 Å². The van der Waals surface area contributed by atoms with E-state index >= 15 is 0 Å². The monoisotopic (exact) mass is 808 g/mol. The van der Waals surface area contributed by atoms with Gasteiger partial charge in [-0.25, -0.2) is 4.98 Å². The summed E-state index contributed by atoms with van der Waals surface area (Å²) in [4.78, 5) is 9.72. The molecule has 0 radical (unpaired) electrons. The molecule has 1 aliphatic heterocycles. The van der Waals surface area contributed by atoms with E-state index in [0.717, 1.165) is 56.0 Å². The molecule has 8 rings (SSSR count). The van der Waals surface area contributed by atoms with Crippen molar-refractivity contribution in [1.29, 1.82) is 0 Å². The number of hydrogen-bond acceptors (Lipinski definition) is 3. The van der Waals surface area contributed by atoms with E-state index in [9.17, 15) is 0 Å². The fraction of sp³-hybridized carbons (Fsp3) is 0.167. The summed E-state index contributed by atoms with van der Waals surface area (Å²) < 4.78 is 2.27. The molecule has 0 atom stereocenters. The quantitative estimate of drug-likeness (QED) is 0.124. The van der Waals surface area contributed by atoms with Crippen molar-refractivity contribution in [3.63, 3.8) is 0 Å². The Bertz CT molecular complexity index is 2290. The fourth-order valence-corrected chi connectivity index (χ4v) is 6.88. The molecule has 0 spiro atoms. The van der Waals surface area contributed by atoms with Crippen LogP contribution in [0, 0.1) is 12.1 Å². The van der Waals surface area contributed by atoms with E-state index in [1.165, 1.54) is 16.5 Å². The van der Waals surface area contributed by atoms with Gasteiger partial charge in [-0.3, -0.25) is 0 Å². The molecule has 6 heteroatoms. The number of pyridine rings is 1. The molecule has 48 heavy (non-hydrogen) atoms. The van der Waals surface area contributed by atoms with Crippen LogP contribution < -0.4 is 10.1 Å². The van der Waals surface area contributed by atoms with Crippen LogP contribution in [0.25, 0.3) is 38.8 Å². The average molecular weight is 809 g/mol. The van der Waals surface area contributed by atoms with Gasteiger partial charge in [0.2, 0.25) is 0 Å². The SMILES string of the molecule is CC(C)c1ccccc1-c1ccnc(-n2c3[c-]c(C(C)(C)c4[c-]c(N5[OH+]N(C)c6ccccc65)ccc4)ccc3c3ccccc32)c1.[Pt]. The second-order valence-electron chi connectivity index (χ2n) is 13.1. The number of rotatable bonds is 6. The predicted molar refractivity (Wildman–Crippen MR) is 193 cm³/mol. The molecular formula is C42H37N4OPt-. The van der Waals surface area contributed by atoms with Gasteiger partial charge < -0.3 is 4.57 Å². The summed E-state index contributed by atoms with van der Waals surface area (Å²) in [5, 5.41) is 6.22. The Morgan fingerprint density at radius 2 is 1.46 bits per heavy atom. The van der Waals surface area contributed by atoms with Crippen molar-refractivity contribution in [3.8, 4) is 16.9 Å². The maximum absolute atomic E-state index is 4.93. The summed E-state index contributed by atoms with van der Waals surface area (Å²) in [7, 11) is 1.98. The Labute approximate surface area is 296 Å². The van der Waals surface area contributed by atoms with Gasteiger partial charge in [0.25, 0.3) is 0 Å². The van der Waals surface area contributed by atoms with Crippen LogP contribution in [0.1, 0.15) is 50.3 Å². The smallest absolute Gasteiger partial charge is 0.145 e. The zero-order valence-corrected chi connectivity index (χ0v) is 29.9. The number of hydrogen-bond donors (Lipinski definition) is 0. The molecule has 0 unspecified atom stereocenters. The van der Waals surface area contributed by atoms with Crippen molar-refractivity contribution in [2.75, 3.05) is 17.2 Å². The molecule has 1 N–H and O–H groups in total. The van der Waals surface area contributed by atoms with Gasteiger partial charge in [0, 0.05) is 38.5 Å². The molecule has 5 aromatic carbocycles. The summed E-state index contributed by atoms with van der Waals surface area (Å²) in [6.07, 6.45) is 1.93. The number of anilines is 3. The number of hydroxylamine groups is 1. The molecule has 0 aliphatic carbocycles. The Balaban J connectivity index is 0.00000364. The average Bonchev–Trinajstić information content (AvgIpc) is 3.62. The van der Waals surface area contributed by atoms with E-state index in [4.69, 9.17) is 9.92 Å². The minimum absolute atomic E-state index is 0. The first kappa shape index (κ1) is 31.9. The van der Waals surface area contributed by atoms with Crippen molar-refractivity contribution in [3.05, 3.63) is 150 Å². The zero-order chi connectivity index (χ0) is 32.3. The minimum atomic E-state index is -0.387. The normalized spacial score (nSPS) is 13.0. The Hall–Kier alpha value is -4.70. The molecule has 0 saturated carbocycles. The van der Waals surface area contributed by atoms with Gasteiger partial charge in [-0.1, -0.05) is 87.8 Å². The van der Waals surface area contributed by atoms with E-state index in [-0.39, 0.29) is 26.5 Å². The van der Waals surface area contributed by atoms with E-state index < -0.39 is 0 Å². The van der Waals surface area contributed by atoms with Gasteiger partial charge in [-0.05, 0) is 63.7 Å². The van der Waals surface area contributed by atoms with Crippen molar-refractivity contribution in [2.45, 2.75) is 39.0 Å². The van der Waals surface area contributed by atoms with Crippen molar-refractivity contribution >= 4 is 38.9 Å². The van der Waals surface area contributed by atoms with Crippen molar-refractivity contribution in [2.24, 2.45) is 0 Å². The fourth-order valence-electron chi connectivity index (χ4n) is 6.88. The molecule has 0 bridgehead atoms. The maximum Gasteiger partial charge on any atom is 0.145 e. The first-order valence-electron chi connectivity index (χ1n) is 16.2. The second-order valence-corrected chi connectivity index (χ2v) is 13.1. The summed E-state index contributed by atoms with van der Waals surface area (Å²) in [6.45, 7) is 8.99. The molecular weight excluding hydrogens is 772 g/mol. The Morgan fingerprint density at radius 3 is 2.29 bits per heavy atom. The van der Waals surface area contributed by atoms with E-state index in [1.54, 1.807) is 0 Å². The van der Waals surface area contributed by atoms with Crippen LogP contribution in [0.4, 0.5) is 17.1 Å². The van der Waals surface area contributed by atoms with Gasteiger partial charge >= 0.3 is 0 Å². The largest absolute Gasteiger partial charge is 0.319 e. The van der Waals surface area contributed by atoms with Crippen LogP contribution >= 0.6 is 0 Å². The molecule has 242 valence electrons. The second kappa shape index (κ2) is 12.4. The summed E-state index contributed by atoms with van der Waals surface area (Å²) in [5.41, 5.74) is 10.7. The van der Waals surface area contributed by atoms with E-state index in [0.29, 0.717) is 5.92 Å². The van der Waals surface area contributed by atoms with Gasteiger partial charge in [0.1, 0.15) is 17.2 Å². The van der Waals surface area contributed by atoms with Crippen LogP contribution in [0.5, 0.6) is 0 Å². The summed E-state index contributed by atoms with van der Waals surface area (Å²) in [6, 6.07) is 48.2. The molecule has 5 nitrogen and oxygen atoms in total. The van der Waals surface area contributed by atoms with Gasteiger partial charge in [-0.2, -0.15) is 46.4 Å². The standard InChI is InChI=1S/C42H36N4O.Pt/c1-28(2)33-15-6-7-16-34(33)29-23-24-43-41(25-29)45-37-18-9-8-17-35(37)36-22-21-31(27-40(36)45)42(3,4)30-13-12-14-32(26-30)46-39-20-11-10-19-38(39)44(5)47-46;/h6-25,28H,1-5H3;/q-2;/p+1. The molecule has 1 aliphatic rings. The van der Waals surface area contributed by atoms with Crippen LogP contribution in [0.3, 0.4) is 0 Å². The topological polar surface area (TPSA) is 37.1 Å². The van der Waals surface area contributed by atoms with Gasteiger partial charge in [0.05, 0.1) is 7.05 Å². The first-order valence-corrected chi connectivity index (χ1v) is 16.2. The molecule has 3 heterocycles. The number of benzene rings is 5. The summed E-state index contributed by atoms with van der Waals surface area (Å²) >= 11 is 0. The molecule has 0 saturated heterocycles. The van der Waals surface area contributed by atoms with Crippen molar-refractivity contribution in [1.82, 2.24) is 9.55 Å². The molecule has 0 amide bonds. The predicted octanol–water partition coefficient (Wildman–Crippen LogP) is 10.3. The van der Waals surface area contributed by atoms with Crippen LogP contribution in [-0.4, -0.2) is 21.5 Å². The zero-order valence-electron chi connectivity index (χ0n) is 27.7. The number of fused-ring (bicyclic) bond motifs is 4. The first-order chi connectivity index (χ1) is 22.8. The number of nitrogens with zero attached hydrogens (tertiary/aromatic N) is 4. The molecule has 0 fully saturated rings. The van der Waals surface area contributed by atoms with E-state index in [1.807, 2.05) is 35.5 Å². The third-order valence-corrected chi connectivity index (χ3v) is 9.49. The van der Waals surface area contributed by atoms with Crippen LogP contribution in [-0.2, 0) is 26.5 Å². The number of aromatic nitrogens is 2. The minimum Gasteiger partial charge on any atom is -0.319 e. The molecule has 7 aromatic rings. The number of para-hydroxylation sites is 3. The third-order valence-electron chi connectivity index (χ3n) is 9.49. The molecule has 2 aromatic heterocycles. The Kier molecular flexibility index (Phi) is 8.23. The third kappa shape index (κ3) is 5.22. The van der Waals surface area contributed by atoms with Gasteiger partial charge in [0.15, 0.2) is 0 Å². The Morgan fingerprint density at radius 1 is 0.729 bits per heavy atom.